The van der Waals surface area contributed by atoms with Crippen molar-refractivity contribution in [2.75, 3.05) is 0 Å². The van der Waals surface area contributed by atoms with E-state index in [0.29, 0.717) is 0 Å². The number of rotatable bonds is 8. The fraction of sp³-hybridized carbons (Fsp3) is 1.00. The van der Waals surface area contributed by atoms with E-state index in [4.69, 9.17) is 0 Å². The third-order valence-corrected chi connectivity index (χ3v) is 4.16. The molecule has 2 unspecified atom stereocenters. The first kappa shape index (κ1) is 54.8. The van der Waals surface area contributed by atoms with Crippen molar-refractivity contribution >= 4 is 0 Å². The normalized spacial score (nSPS) is 15.9. The van der Waals surface area contributed by atoms with Gasteiger partial charge in [0.1, 0.15) is 0 Å². The van der Waals surface area contributed by atoms with Gasteiger partial charge < -0.3 is 21.3 Å². The van der Waals surface area contributed by atoms with Gasteiger partial charge in [-0.1, -0.05) is 6.92 Å². The molecule has 0 aliphatic carbocycles. The van der Waals surface area contributed by atoms with Gasteiger partial charge in [0.15, 0.2) is 0 Å². The van der Waals surface area contributed by atoms with Crippen molar-refractivity contribution < 1.29 is 153 Å². The molecule has 49 heavy (non-hydrogen) atoms. The summed E-state index contributed by atoms with van der Waals surface area (Å²) in [5.74, 6) is 0. The predicted molar refractivity (Wildman–Crippen MR) is 96.3 cm³/mol. The average molecular weight is 897 g/mol. The van der Waals surface area contributed by atoms with Crippen molar-refractivity contribution in [1.29, 1.82) is 0 Å². The quantitative estimate of drug-likeness (QED) is 0.172. The van der Waals surface area contributed by atoms with E-state index in [1.54, 1.807) is 0 Å². The molecule has 0 aromatic carbocycles. The Morgan fingerprint density at radius 1 is 0.265 bits per heavy atom. The van der Waals surface area contributed by atoms with Gasteiger partial charge in [-0.15, -0.1) is 12.3 Å². The fourth-order valence-corrected chi connectivity index (χ4v) is 2.20. The SMILES string of the molecule is CC([N-]C([N-]C(C(F)(F)F)C(F)(F)F)C(F)(F)F)C(F)(F)F.FC(F)(F)C([N-]C(C(F)(F)F)C(F)(F)F)[N-]C(C(F)(F)F)C(F)(F)F.[Cu+2].[Cu+2]. The van der Waals surface area contributed by atoms with E-state index in [2.05, 4.69) is 0 Å². The van der Waals surface area contributed by atoms with Crippen molar-refractivity contribution in [3.63, 3.8) is 0 Å². The van der Waals surface area contributed by atoms with Gasteiger partial charge in [-0.05, 0) is 6.04 Å². The summed E-state index contributed by atoms with van der Waals surface area (Å²) in [6.07, 6.45) is -65.6. The summed E-state index contributed by atoms with van der Waals surface area (Å²) in [6, 6.07) is -18.4. The molecular formula is C16H9Cu2F27N4. The van der Waals surface area contributed by atoms with Crippen LogP contribution >= 0.6 is 0 Å². The maximum atomic E-state index is 12.3. The summed E-state index contributed by atoms with van der Waals surface area (Å²) < 4.78 is 328. The molecule has 0 aliphatic heterocycles. The van der Waals surface area contributed by atoms with Gasteiger partial charge in [-0.3, -0.25) is 0 Å². The molecule has 0 fully saturated rings. The second-order valence-electron chi connectivity index (χ2n) is 8.10. The molecule has 33 heteroatoms. The monoisotopic (exact) mass is 896 g/mol. The first-order chi connectivity index (χ1) is 19.9. The van der Waals surface area contributed by atoms with Crippen molar-refractivity contribution in [1.82, 2.24) is 0 Å². The van der Waals surface area contributed by atoms with Gasteiger partial charge in [0.2, 0.25) is 0 Å². The third-order valence-electron chi connectivity index (χ3n) is 4.16. The smallest absolute Gasteiger partial charge is 0.661 e. The van der Waals surface area contributed by atoms with Crippen LogP contribution < -0.4 is 0 Å². The van der Waals surface area contributed by atoms with Crippen LogP contribution in [0.15, 0.2) is 0 Å². The van der Waals surface area contributed by atoms with Crippen LogP contribution in [0.3, 0.4) is 0 Å². The fourth-order valence-electron chi connectivity index (χ4n) is 2.20. The second-order valence-corrected chi connectivity index (χ2v) is 8.10. The molecule has 0 saturated carbocycles. The Kier molecular flexibility index (Phi) is 19.7. The molecule has 0 saturated heterocycles. The maximum Gasteiger partial charge on any atom is 2.00 e. The molecule has 0 aromatic heterocycles. The Morgan fingerprint density at radius 2 is 0.429 bits per heavy atom. The van der Waals surface area contributed by atoms with Crippen molar-refractivity contribution in [2.45, 2.75) is 99.0 Å². The molecule has 0 amide bonds. The third kappa shape index (κ3) is 20.0. The minimum atomic E-state index is -6.57. The van der Waals surface area contributed by atoms with E-state index in [-0.39, 0.29) is 41.1 Å². The van der Waals surface area contributed by atoms with Gasteiger partial charge in [0.25, 0.3) is 0 Å². The summed E-state index contributed by atoms with van der Waals surface area (Å²) in [5.41, 5.74) is 0. The molecule has 304 valence electrons. The molecule has 0 aliphatic rings. The van der Waals surface area contributed by atoms with Gasteiger partial charge in [-0.2, -0.15) is 119 Å². The van der Waals surface area contributed by atoms with Crippen LogP contribution in [0.2, 0.25) is 0 Å². The summed E-state index contributed by atoms with van der Waals surface area (Å²) in [5, 5.41) is 5.30. The van der Waals surface area contributed by atoms with Gasteiger partial charge in [0, 0.05) is 0 Å². The van der Waals surface area contributed by atoms with Gasteiger partial charge >= 0.3 is 89.7 Å². The molecule has 0 bridgehead atoms. The number of alkyl halides is 27. The Hall–Kier alpha value is -1.01. The second kappa shape index (κ2) is 17.7. The van der Waals surface area contributed by atoms with Crippen LogP contribution in [-0.2, 0) is 34.1 Å². The van der Waals surface area contributed by atoms with E-state index in [1.807, 2.05) is 5.32 Å². The largest absolute Gasteiger partial charge is 2.00 e. The first-order valence-electron chi connectivity index (χ1n) is 10.3. The van der Waals surface area contributed by atoms with E-state index >= 15 is 0 Å². The Labute approximate surface area is 273 Å². The molecule has 0 aromatic rings. The van der Waals surface area contributed by atoms with Crippen LogP contribution in [0.5, 0.6) is 0 Å². The van der Waals surface area contributed by atoms with E-state index in [0.717, 1.165) is 10.6 Å². The van der Waals surface area contributed by atoms with Crippen LogP contribution in [0.1, 0.15) is 6.92 Å². The molecule has 0 spiro atoms. The maximum absolute atomic E-state index is 12.3. The molecule has 0 heterocycles. The van der Waals surface area contributed by atoms with Crippen LogP contribution in [0.4, 0.5) is 119 Å². The molecule has 0 N–H and O–H groups in total. The number of nitrogens with zero attached hydrogens (tertiary/aromatic N) is 4. The van der Waals surface area contributed by atoms with E-state index in [1.165, 1.54) is 5.32 Å². The van der Waals surface area contributed by atoms with E-state index < -0.39 is 92.1 Å². The first-order valence-corrected chi connectivity index (χ1v) is 10.3. The minimum Gasteiger partial charge on any atom is -0.661 e. The zero-order valence-corrected chi connectivity index (χ0v) is 23.4. The zero-order valence-electron chi connectivity index (χ0n) is 21.6. The van der Waals surface area contributed by atoms with Crippen molar-refractivity contribution in [3.05, 3.63) is 21.3 Å². The van der Waals surface area contributed by atoms with Crippen LogP contribution in [-0.4, -0.2) is 92.1 Å². The Morgan fingerprint density at radius 3 is 0.551 bits per heavy atom. The number of hydrogen-bond donors (Lipinski definition) is 0. The zero-order chi connectivity index (χ0) is 38.8. The Bertz CT molecular complexity index is 861. The summed E-state index contributed by atoms with van der Waals surface area (Å²) in [4.78, 5) is 0. The summed E-state index contributed by atoms with van der Waals surface area (Å²) in [6.45, 7) is 0.0322. The van der Waals surface area contributed by atoms with Gasteiger partial charge in [0.05, 0.1) is 18.1 Å². The van der Waals surface area contributed by atoms with E-state index in [9.17, 15) is 119 Å². The minimum absolute atomic E-state index is 0. The number of hydrogen-bond acceptors (Lipinski definition) is 0. The van der Waals surface area contributed by atoms with Crippen molar-refractivity contribution in [3.8, 4) is 0 Å². The average Bonchev–Trinajstić information content (AvgIpc) is 2.68. The Balaban J connectivity index is -0.000000400. The summed E-state index contributed by atoms with van der Waals surface area (Å²) in [7, 11) is 0. The molecule has 2 atom stereocenters. The van der Waals surface area contributed by atoms with Crippen LogP contribution in [0.25, 0.3) is 21.3 Å². The predicted octanol–water partition coefficient (Wildman–Crippen LogP) is 10.7. The van der Waals surface area contributed by atoms with Crippen LogP contribution in [0, 0.1) is 0 Å². The van der Waals surface area contributed by atoms with Crippen molar-refractivity contribution in [2.24, 2.45) is 0 Å². The molecule has 4 nitrogen and oxygen atoms in total. The standard InChI is InChI=1S/C8H3F15N2.C8H6F12N2.2Cu/c9-4(10,11)1(5(12,13)14)24-3(8(21,22)23)25-2(6(15,16)17)7(18,19)20;1-2(5(9,10)11)21-4(8(18,19)20)22-3(6(12,13)14)7(15,16)17;;/h1-3H;2-4H,1H3;;/q2*-2;2*+2. The molecule has 0 rings (SSSR count). The van der Waals surface area contributed by atoms with Gasteiger partial charge in [-0.25, -0.2) is 0 Å². The topological polar surface area (TPSA) is 56.4 Å². The number of halogens is 27. The molecule has 2 radical (unpaired) electrons. The molecular weight excluding hydrogens is 888 g/mol. The summed E-state index contributed by atoms with van der Waals surface area (Å²) >= 11 is 0.